The zero-order valence-electron chi connectivity index (χ0n) is 31.4. The van der Waals surface area contributed by atoms with E-state index in [1.54, 1.807) is 19.2 Å². The molecule has 1 fully saturated rings. The van der Waals surface area contributed by atoms with E-state index in [-0.39, 0.29) is 0 Å². The zero-order chi connectivity index (χ0) is 41.4. The number of rotatable bonds is 13. The first-order valence-electron chi connectivity index (χ1n) is 18.2. The maximum absolute atomic E-state index is 16.4. The standard InChI is InChI=1S/C37H39F3N11O6P/c1-4-31(24(2)57-58(54,55)56)50-35(53)49(23-43-50)33-16-14-28(22-42-33)48-19-17-47(18-20-48)27-12-9-25(10-13-27)26-11-15-32(41-21-26)37(39,40)36(3,51-34(52)44-45-46-51)29-7-5-6-8-30(29)38/h5-16,21-24,31H,4,17-20H2,1-3H3,(H,44,46,52)(H2,54,55,56)/t24-,31-,36-/m0/s1. The fourth-order valence-corrected chi connectivity index (χ4v) is 7.82. The van der Waals surface area contributed by atoms with Crippen LogP contribution in [0.4, 0.5) is 24.5 Å². The molecule has 0 unspecified atom stereocenters. The highest BCUT2D eigenvalue weighted by atomic mass is 31.2. The summed E-state index contributed by atoms with van der Waals surface area (Å²) >= 11 is 0. The molecule has 1 aliphatic heterocycles. The number of aromatic amines is 1. The Hall–Kier alpha value is -5.95. The summed E-state index contributed by atoms with van der Waals surface area (Å²) in [6.07, 6.45) is 3.65. The van der Waals surface area contributed by atoms with Crippen LogP contribution in [-0.2, 0) is 20.6 Å². The lowest BCUT2D eigenvalue weighted by Crippen LogP contribution is -2.52. The SMILES string of the molecule is CC[C@@H]([C@H](C)OP(=O)(O)O)n1ncn(-c2ccc(N3CCN(c4ccc(-c5ccc(C(F)(F)[C@](C)(c6ccccc6F)n6nn[nH]c6=O)nc5)cc4)CC3)cn2)c1=O. The van der Waals surface area contributed by atoms with E-state index in [0.717, 1.165) is 40.7 Å². The van der Waals surface area contributed by atoms with E-state index in [4.69, 9.17) is 4.52 Å². The van der Waals surface area contributed by atoms with Crippen LogP contribution >= 0.6 is 7.82 Å². The van der Waals surface area contributed by atoms with Crippen LogP contribution in [0.2, 0.25) is 0 Å². The molecule has 3 N–H and O–H groups in total. The molecule has 0 saturated carbocycles. The van der Waals surface area contributed by atoms with Gasteiger partial charge in [0.25, 0.3) is 0 Å². The second-order valence-electron chi connectivity index (χ2n) is 13.9. The minimum absolute atomic E-state index is 0.333. The van der Waals surface area contributed by atoms with E-state index in [9.17, 15) is 28.3 Å². The van der Waals surface area contributed by atoms with Crippen molar-refractivity contribution in [2.75, 3.05) is 36.0 Å². The number of pyridine rings is 2. The fourth-order valence-electron chi connectivity index (χ4n) is 7.25. The Kier molecular flexibility index (Phi) is 10.9. The first-order valence-corrected chi connectivity index (χ1v) is 19.7. The Morgan fingerprint density at radius 3 is 2.12 bits per heavy atom. The van der Waals surface area contributed by atoms with Crippen molar-refractivity contribution in [1.82, 2.24) is 44.5 Å². The van der Waals surface area contributed by atoms with Crippen molar-refractivity contribution >= 4 is 19.2 Å². The number of halogens is 3. The molecule has 4 aromatic heterocycles. The summed E-state index contributed by atoms with van der Waals surface area (Å²) in [6.45, 7) is 7.00. The van der Waals surface area contributed by atoms with Gasteiger partial charge in [0.05, 0.1) is 24.0 Å². The van der Waals surface area contributed by atoms with Gasteiger partial charge in [0.2, 0.25) is 0 Å². The summed E-state index contributed by atoms with van der Waals surface area (Å²) in [7, 11) is -4.76. The molecule has 2 aromatic carbocycles. The highest BCUT2D eigenvalue weighted by Crippen LogP contribution is 2.47. The molecule has 0 bridgehead atoms. The molecular formula is C37H39F3N11O6P. The Bertz CT molecular complexity index is 2530. The largest absolute Gasteiger partial charge is 0.469 e. The van der Waals surface area contributed by atoms with Gasteiger partial charge >= 0.3 is 25.1 Å². The molecule has 5 heterocycles. The van der Waals surface area contributed by atoms with Crippen molar-refractivity contribution in [3.8, 4) is 16.9 Å². The molecule has 3 atom stereocenters. The highest BCUT2D eigenvalue weighted by Gasteiger charge is 2.58. The van der Waals surface area contributed by atoms with Crippen LogP contribution in [0.15, 0.2) is 101 Å². The molecule has 0 radical (unpaired) electrons. The summed E-state index contributed by atoms with van der Waals surface area (Å²) in [5, 5.41) is 13.1. The quantitative estimate of drug-likeness (QED) is 0.140. The number of anilines is 2. The second kappa shape index (κ2) is 15.8. The van der Waals surface area contributed by atoms with Crippen LogP contribution in [0.25, 0.3) is 16.9 Å². The van der Waals surface area contributed by atoms with Gasteiger partial charge in [0.15, 0.2) is 5.54 Å². The zero-order valence-corrected chi connectivity index (χ0v) is 32.3. The van der Waals surface area contributed by atoms with E-state index in [0.29, 0.717) is 48.7 Å². The summed E-state index contributed by atoms with van der Waals surface area (Å²) in [6, 6.07) is 18.1. The summed E-state index contributed by atoms with van der Waals surface area (Å²) in [5.74, 6) is -4.52. The van der Waals surface area contributed by atoms with Gasteiger partial charge in [-0.15, -0.1) is 0 Å². The molecule has 304 valence electrons. The number of tetrazole rings is 1. The Balaban J connectivity index is 0.997. The number of benzene rings is 2. The fraction of sp³-hybridized carbons (Fsp3) is 0.324. The molecule has 6 aromatic rings. The predicted molar refractivity (Wildman–Crippen MR) is 205 cm³/mol. The Morgan fingerprint density at radius 1 is 0.897 bits per heavy atom. The van der Waals surface area contributed by atoms with Crippen molar-refractivity contribution in [3.63, 3.8) is 0 Å². The van der Waals surface area contributed by atoms with Gasteiger partial charge in [0.1, 0.15) is 23.7 Å². The number of nitrogens with zero attached hydrogens (tertiary/aromatic N) is 10. The van der Waals surface area contributed by atoms with E-state index in [1.807, 2.05) is 35.4 Å². The average Bonchev–Trinajstić information content (AvgIpc) is 3.82. The highest BCUT2D eigenvalue weighted by molar-refractivity contribution is 7.46. The molecule has 0 amide bonds. The van der Waals surface area contributed by atoms with Gasteiger partial charge in [0, 0.05) is 49.2 Å². The number of piperazine rings is 1. The summed E-state index contributed by atoms with van der Waals surface area (Å²) < 4.78 is 66.8. The maximum Gasteiger partial charge on any atom is 0.469 e. The number of hydrogen-bond donors (Lipinski definition) is 3. The first kappa shape index (κ1) is 40.3. The number of hydrogen-bond acceptors (Lipinski definition) is 11. The van der Waals surface area contributed by atoms with Gasteiger partial charge in [-0.05, 0) is 72.7 Å². The number of phosphoric ester groups is 1. The van der Waals surface area contributed by atoms with Crippen molar-refractivity contribution in [2.45, 2.75) is 50.8 Å². The monoisotopic (exact) mass is 821 g/mol. The van der Waals surface area contributed by atoms with E-state index in [2.05, 4.69) is 35.3 Å². The molecule has 0 aliphatic carbocycles. The molecule has 17 nitrogen and oxygen atoms in total. The number of aromatic nitrogens is 9. The van der Waals surface area contributed by atoms with Gasteiger partial charge in [-0.25, -0.2) is 37.9 Å². The molecule has 58 heavy (non-hydrogen) atoms. The minimum atomic E-state index is -4.76. The molecule has 1 aliphatic rings. The second-order valence-corrected chi connectivity index (χ2v) is 15.1. The number of alkyl halides is 2. The van der Waals surface area contributed by atoms with Crippen LogP contribution in [0.1, 0.15) is 44.5 Å². The molecule has 1 saturated heterocycles. The first-order chi connectivity index (χ1) is 27.6. The third-order valence-corrected chi connectivity index (χ3v) is 11.1. The average molecular weight is 822 g/mol. The smallest absolute Gasteiger partial charge is 0.368 e. The van der Waals surface area contributed by atoms with Gasteiger partial charge in [-0.3, -0.25) is 9.51 Å². The molecule has 21 heteroatoms. The lowest BCUT2D eigenvalue weighted by atomic mass is 9.83. The van der Waals surface area contributed by atoms with Crippen molar-refractivity contribution < 1.29 is 32.0 Å². The van der Waals surface area contributed by atoms with Crippen LogP contribution in [0.3, 0.4) is 0 Å². The van der Waals surface area contributed by atoms with Crippen LogP contribution in [-0.4, -0.2) is 86.6 Å². The molecule has 0 spiro atoms. The number of H-pyrrole nitrogens is 1. The van der Waals surface area contributed by atoms with Crippen LogP contribution < -0.4 is 21.2 Å². The summed E-state index contributed by atoms with van der Waals surface area (Å²) in [4.78, 5) is 57.0. The topological polar surface area (TPSA) is 202 Å². The van der Waals surface area contributed by atoms with E-state index < -0.39 is 59.9 Å². The van der Waals surface area contributed by atoms with Crippen LogP contribution in [0.5, 0.6) is 0 Å². The predicted octanol–water partition coefficient (Wildman–Crippen LogP) is 4.24. The maximum atomic E-state index is 16.4. The third-order valence-electron chi connectivity index (χ3n) is 10.5. The van der Waals surface area contributed by atoms with E-state index in [1.165, 1.54) is 48.3 Å². The van der Waals surface area contributed by atoms with Crippen LogP contribution in [0, 0.1) is 5.82 Å². The van der Waals surface area contributed by atoms with Crippen molar-refractivity contribution in [3.05, 3.63) is 130 Å². The third kappa shape index (κ3) is 7.58. The van der Waals surface area contributed by atoms with E-state index >= 15 is 8.78 Å². The minimum Gasteiger partial charge on any atom is -0.368 e. The van der Waals surface area contributed by atoms with Gasteiger partial charge in [-0.2, -0.15) is 18.6 Å². The van der Waals surface area contributed by atoms with Gasteiger partial charge < -0.3 is 19.6 Å². The van der Waals surface area contributed by atoms with Crippen molar-refractivity contribution in [2.24, 2.45) is 0 Å². The lowest BCUT2D eigenvalue weighted by molar-refractivity contribution is -0.104. The lowest BCUT2D eigenvalue weighted by Gasteiger charge is -2.37. The normalized spacial score (nSPS) is 15.9. The van der Waals surface area contributed by atoms with Gasteiger partial charge in [-0.1, -0.05) is 43.3 Å². The summed E-state index contributed by atoms with van der Waals surface area (Å²) in [5.41, 5.74) is -2.18. The number of nitrogens with one attached hydrogen (secondary N) is 1. The molecule has 7 rings (SSSR count). The van der Waals surface area contributed by atoms with Crippen molar-refractivity contribution in [1.29, 1.82) is 0 Å². The number of phosphoric acid groups is 1. The Labute approximate surface area is 328 Å². The molecular weight excluding hydrogens is 782 g/mol. The Morgan fingerprint density at radius 2 is 1.55 bits per heavy atom.